The van der Waals surface area contributed by atoms with Crippen LogP contribution in [0.2, 0.25) is 0 Å². The summed E-state index contributed by atoms with van der Waals surface area (Å²) in [5.74, 6) is 0.983. The predicted molar refractivity (Wildman–Crippen MR) is 125 cm³/mol. The molecule has 2 rings (SSSR count). The summed E-state index contributed by atoms with van der Waals surface area (Å²) in [5, 5.41) is 2.90. The van der Waals surface area contributed by atoms with Gasteiger partial charge >= 0.3 is 0 Å². The molecular formula is C23H29BrN2O2S. The lowest BCUT2D eigenvalue weighted by atomic mass is 10.1. The van der Waals surface area contributed by atoms with Crippen LogP contribution in [0.4, 0.5) is 0 Å². The highest BCUT2D eigenvalue weighted by Crippen LogP contribution is 2.18. The largest absolute Gasteiger partial charge is 0.354 e. The van der Waals surface area contributed by atoms with Crippen molar-refractivity contribution < 1.29 is 9.59 Å². The highest BCUT2D eigenvalue weighted by atomic mass is 79.9. The molecule has 6 heteroatoms. The van der Waals surface area contributed by atoms with Crippen molar-refractivity contribution in [2.24, 2.45) is 0 Å². The van der Waals surface area contributed by atoms with Crippen LogP contribution >= 0.6 is 27.7 Å². The molecule has 0 aliphatic heterocycles. The zero-order valence-electron chi connectivity index (χ0n) is 17.3. The summed E-state index contributed by atoms with van der Waals surface area (Å²) in [6, 6.07) is 15.6. The van der Waals surface area contributed by atoms with Crippen molar-refractivity contribution in [3.63, 3.8) is 0 Å². The summed E-state index contributed by atoms with van der Waals surface area (Å²) in [6.07, 6.45) is 0.867. The molecule has 1 unspecified atom stereocenters. The number of amides is 2. The third kappa shape index (κ3) is 7.86. The molecule has 29 heavy (non-hydrogen) atoms. The molecule has 2 aromatic rings. The van der Waals surface area contributed by atoms with Crippen molar-refractivity contribution in [3.8, 4) is 0 Å². The van der Waals surface area contributed by atoms with Gasteiger partial charge in [-0.25, -0.2) is 0 Å². The molecule has 0 saturated heterocycles. The van der Waals surface area contributed by atoms with Gasteiger partial charge in [-0.05, 0) is 43.5 Å². The van der Waals surface area contributed by atoms with Crippen molar-refractivity contribution in [2.75, 3.05) is 12.3 Å². The second kappa shape index (κ2) is 12.0. The molecule has 1 N–H and O–H groups in total. The second-order valence-electron chi connectivity index (χ2n) is 7.10. The standard InChI is InChI=1S/C23H29BrN2O2S/c1-4-12-25-23(28)18(3)26(14-19-8-10-21(24)11-9-19)22(27)16-29-15-20-7-5-6-17(2)13-20/h5-11,13,18H,4,12,14-16H2,1-3H3,(H,25,28). The minimum Gasteiger partial charge on any atom is -0.354 e. The Morgan fingerprint density at radius 3 is 2.52 bits per heavy atom. The van der Waals surface area contributed by atoms with E-state index in [-0.39, 0.29) is 11.8 Å². The molecule has 0 fully saturated rings. The van der Waals surface area contributed by atoms with Gasteiger partial charge in [0, 0.05) is 23.3 Å². The summed E-state index contributed by atoms with van der Waals surface area (Å²) in [4.78, 5) is 27.2. The summed E-state index contributed by atoms with van der Waals surface area (Å²) >= 11 is 5.02. The number of carbonyl (C=O) groups is 2. The van der Waals surface area contributed by atoms with E-state index >= 15 is 0 Å². The first-order valence-corrected chi connectivity index (χ1v) is 11.8. The molecule has 0 saturated carbocycles. The SMILES string of the molecule is CCCNC(=O)C(C)N(Cc1ccc(Br)cc1)C(=O)CSCc1cccc(C)c1. The van der Waals surface area contributed by atoms with Gasteiger partial charge in [0.25, 0.3) is 0 Å². The second-order valence-corrected chi connectivity index (χ2v) is 9.00. The Kier molecular flexibility index (Phi) is 9.74. The monoisotopic (exact) mass is 476 g/mol. The van der Waals surface area contributed by atoms with E-state index < -0.39 is 6.04 Å². The molecule has 1 atom stereocenters. The van der Waals surface area contributed by atoms with E-state index in [0.29, 0.717) is 18.8 Å². The number of rotatable bonds is 10. The average Bonchev–Trinajstić information content (AvgIpc) is 2.71. The van der Waals surface area contributed by atoms with Gasteiger partial charge in [0.05, 0.1) is 5.75 Å². The lowest BCUT2D eigenvalue weighted by molar-refractivity contribution is -0.138. The van der Waals surface area contributed by atoms with Crippen LogP contribution in [0.25, 0.3) is 0 Å². The number of aryl methyl sites for hydroxylation is 1. The van der Waals surface area contributed by atoms with Crippen LogP contribution in [0.1, 0.15) is 37.0 Å². The summed E-state index contributed by atoms with van der Waals surface area (Å²) in [5.41, 5.74) is 3.42. The first kappa shape index (κ1) is 23.5. The summed E-state index contributed by atoms with van der Waals surface area (Å²) < 4.78 is 0.988. The van der Waals surface area contributed by atoms with Gasteiger partial charge in [0.15, 0.2) is 0 Å². The minimum absolute atomic E-state index is 0.0234. The number of hydrogen-bond donors (Lipinski definition) is 1. The fraction of sp³-hybridized carbons (Fsp3) is 0.391. The molecule has 0 aliphatic carbocycles. The summed E-state index contributed by atoms with van der Waals surface area (Å²) in [7, 11) is 0. The molecule has 4 nitrogen and oxygen atoms in total. The van der Waals surface area contributed by atoms with Gasteiger partial charge in [-0.1, -0.05) is 64.8 Å². The van der Waals surface area contributed by atoms with Gasteiger partial charge < -0.3 is 10.2 Å². The van der Waals surface area contributed by atoms with Crippen LogP contribution in [-0.4, -0.2) is 35.1 Å². The molecular weight excluding hydrogens is 448 g/mol. The maximum Gasteiger partial charge on any atom is 0.242 e. The summed E-state index contributed by atoms with van der Waals surface area (Å²) in [6.45, 7) is 6.91. The van der Waals surface area contributed by atoms with Crippen LogP contribution in [0.3, 0.4) is 0 Å². The fourth-order valence-corrected chi connectivity index (χ4v) is 4.03. The van der Waals surface area contributed by atoms with E-state index in [1.807, 2.05) is 37.3 Å². The van der Waals surface area contributed by atoms with E-state index in [4.69, 9.17) is 0 Å². The van der Waals surface area contributed by atoms with E-state index in [1.54, 1.807) is 23.6 Å². The molecule has 2 aromatic carbocycles. The predicted octanol–water partition coefficient (Wildman–Crippen LogP) is 4.93. The molecule has 0 radical (unpaired) electrons. The Labute approximate surface area is 186 Å². The Balaban J connectivity index is 2.04. The normalized spacial score (nSPS) is 11.7. The van der Waals surface area contributed by atoms with Gasteiger partial charge in [-0.3, -0.25) is 9.59 Å². The first-order valence-electron chi connectivity index (χ1n) is 9.85. The lowest BCUT2D eigenvalue weighted by Crippen LogP contribution is -2.48. The van der Waals surface area contributed by atoms with Crippen LogP contribution in [0, 0.1) is 6.92 Å². The smallest absolute Gasteiger partial charge is 0.242 e. The maximum absolute atomic E-state index is 13.0. The quantitative estimate of drug-likeness (QED) is 0.528. The zero-order chi connectivity index (χ0) is 21.2. The molecule has 0 aromatic heterocycles. The van der Waals surface area contributed by atoms with Crippen molar-refractivity contribution in [1.29, 1.82) is 0 Å². The Hall–Kier alpha value is -1.79. The number of benzene rings is 2. The van der Waals surface area contributed by atoms with Crippen LogP contribution < -0.4 is 5.32 Å². The highest BCUT2D eigenvalue weighted by molar-refractivity contribution is 9.10. The maximum atomic E-state index is 13.0. The van der Waals surface area contributed by atoms with Crippen molar-refractivity contribution in [3.05, 3.63) is 69.7 Å². The number of thioether (sulfide) groups is 1. The Morgan fingerprint density at radius 2 is 1.86 bits per heavy atom. The molecule has 0 bridgehead atoms. The number of hydrogen-bond acceptors (Lipinski definition) is 3. The topological polar surface area (TPSA) is 49.4 Å². The molecule has 2 amide bonds. The van der Waals surface area contributed by atoms with Gasteiger partial charge in [-0.15, -0.1) is 11.8 Å². The first-order chi connectivity index (χ1) is 13.9. The highest BCUT2D eigenvalue weighted by Gasteiger charge is 2.25. The van der Waals surface area contributed by atoms with Gasteiger partial charge in [0.2, 0.25) is 11.8 Å². The fourth-order valence-electron chi connectivity index (χ4n) is 2.91. The molecule has 156 valence electrons. The molecule has 0 heterocycles. The van der Waals surface area contributed by atoms with Crippen molar-refractivity contribution in [2.45, 2.75) is 45.5 Å². The van der Waals surface area contributed by atoms with E-state index in [9.17, 15) is 9.59 Å². The van der Waals surface area contributed by atoms with Crippen molar-refractivity contribution in [1.82, 2.24) is 10.2 Å². The minimum atomic E-state index is -0.516. The number of nitrogens with one attached hydrogen (secondary N) is 1. The third-order valence-electron chi connectivity index (χ3n) is 4.56. The van der Waals surface area contributed by atoms with Crippen LogP contribution in [-0.2, 0) is 21.9 Å². The van der Waals surface area contributed by atoms with E-state index in [0.717, 1.165) is 22.2 Å². The van der Waals surface area contributed by atoms with Gasteiger partial charge in [-0.2, -0.15) is 0 Å². The number of nitrogens with zero attached hydrogens (tertiary/aromatic N) is 1. The molecule has 0 aliphatic rings. The average molecular weight is 477 g/mol. The third-order valence-corrected chi connectivity index (χ3v) is 6.08. The lowest BCUT2D eigenvalue weighted by Gasteiger charge is -2.28. The zero-order valence-corrected chi connectivity index (χ0v) is 19.7. The number of halogens is 1. The van der Waals surface area contributed by atoms with Crippen LogP contribution in [0.15, 0.2) is 53.0 Å². The number of carbonyl (C=O) groups excluding carboxylic acids is 2. The van der Waals surface area contributed by atoms with Crippen LogP contribution in [0.5, 0.6) is 0 Å². The Bertz CT molecular complexity index is 811. The van der Waals surface area contributed by atoms with Gasteiger partial charge in [0.1, 0.15) is 6.04 Å². The van der Waals surface area contributed by atoms with E-state index in [1.165, 1.54) is 11.1 Å². The molecule has 0 spiro atoms. The Morgan fingerprint density at radius 1 is 1.14 bits per heavy atom. The van der Waals surface area contributed by atoms with E-state index in [2.05, 4.69) is 46.4 Å². The van der Waals surface area contributed by atoms with Crippen molar-refractivity contribution >= 4 is 39.5 Å².